The highest BCUT2D eigenvalue weighted by Crippen LogP contribution is 2.09. The zero-order valence-electron chi connectivity index (χ0n) is 9.52. The molecule has 1 aromatic rings. The van der Waals surface area contributed by atoms with Crippen molar-refractivity contribution in [2.24, 2.45) is 0 Å². The predicted octanol–water partition coefficient (Wildman–Crippen LogP) is 4.38. The molecule has 16 heavy (non-hydrogen) atoms. The summed E-state index contributed by atoms with van der Waals surface area (Å²) in [4.78, 5) is 0. The Kier molecular flexibility index (Phi) is 7.91. The van der Waals surface area contributed by atoms with Gasteiger partial charge in [0.25, 0.3) is 0 Å². The lowest BCUT2D eigenvalue weighted by Crippen LogP contribution is -2.14. The Bertz CT molecular complexity index is 274. The lowest BCUT2D eigenvalue weighted by Gasteiger charge is -2.04. The molecule has 0 heterocycles. The van der Waals surface area contributed by atoms with Crippen LogP contribution in [0, 0.1) is 0 Å². The molecule has 0 fully saturated rings. The summed E-state index contributed by atoms with van der Waals surface area (Å²) in [5.41, 5.74) is 1.30. The van der Waals surface area contributed by atoms with Crippen molar-refractivity contribution in [3.8, 4) is 0 Å². The lowest BCUT2D eigenvalue weighted by atomic mass is 10.2. The van der Waals surface area contributed by atoms with Gasteiger partial charge in [0, 0.05) is 16.9 Å². The van der Waals surface area contributed by atoms with Crippen LogP contribution < -0.4 is 5.32 Å². The fourth-order valence-corrected chi connectivity index (χ4v) is 2.06. The van der Waals surface area contributed by atoms with E-state index >= 15 is 0 Å². The molecule has 90 valence electrons. The molecule has 0 atom stereocenters. The molecule has 0 aliphatic heterocycles. The van der Waals surface area contributed by atoms with Gasteiger partial charge in [0.05, 0.1) is 0 Å². The van der Waals surface area contributed by atoms with Crippen molar-refractivity contribution in [2.45, 2.75) is 32.2 Å². The first-order valence-electron chi connectivity index (χ1n) is 5.84. The van der Waals surface area contributed by atoms with Gasteiger partial charge in [0.2, 0.25) is 0 Å². The SMILES string of the molecule is Clc1ccc(CNCCCCCCBr)cc1. The lowest BCUT2D eigenvalue weighted by molar-refractivity contribution is 0.600. The molecule has 0 aromatic heterocycles. The van der Waals surface area contributed by atoms with Crippen LogP contribution in [0.5, 0.6) is 0 Å². The van der Waals surface area contributed by atoms with Gasteiger partial charge in [0.1, 0.15) is 0 Å². The number of hydrogen-bond donors (Lipinski definition) is 1. The van der Waals surface area contributed by atoms with Gasteiger partial charge in [-0.25, -0.2) is 0 Å². The van der Waals surface area contributed by atoms with E-state index in [-0.39, 0.29) is 0 Å². The average molecular weight is 305 g/mol. The number of alkyl halides is 1. The second-order valence-electron chi connectivity index (χ2n) is 3.91. The van der Waals surface area contributed by atoms with Gasteiger partial charge in [-0.15, -0.1) is 0 Å². The van der Waals surface area contributed by atoms with Crippen LogP contribution in [0.4, 0.5) is 0 Å². The third-order valence-electron chi connectivity index (χ3n) is 2.48. The fourth-order valence-electron chi connectivity index (χ4n) is 1.53. The van der Waals surface area contributed by atoms with Crippen molar-refractivity contribution in [1.29, 1.82) is 0 Å². The molecule has 0 bridgehead atoms. The van der Waals surface area contributed by atoms with Gasteiger partial charge in [0.15, 0.2) is 0 Å². The molecule has 0 aliphatic carbocycles. The Morgan fingerprint density at radius 2 is 1.69 bits per heavy atom. The van der Waals surface area contributed by atoms with E-state index in [1.54, 1.807) is 0 Å². The zero-order chi connectivity index (χ0) is 11.6. The van der Waals surface area contributed by atoms with Crippen LogP contribution in [0.1, 0.15) is 31.2 Å². The summed E-state index contributed by atoms with van der Waals surface area (Å²) >= 11 is 9.26. The molecule has 1 nitrogen and oxygen atoms in total. The largest absolute Gasteiger partial charge is 0.313 e. The van der Waals surface area contributed by atoms with Crippen LogP contribution in [0.2, 0.25) is 5.02 Å². The Balaban J connectivity index is 2.01. The summed E-state index contributed by atoms with van der Waals surface area (Å²) < 4.78 is 0. The van der Waals surface area contributed by atoms with E-state index in [0.29, 0.717) is 0 Å². The summed E-state index contributed by atoms with van der Waals surface area (Å²) in [7, 11) is 0. The maximum absolute atomic E-state index is 5.82. The van der Waals surface area contributed by atoms with Gasteiger partial charge < -0.3 is 5.32 Å². The van der Waals surface area contributed by atoms with Crippen LogP contribution in [0.15, 0.2) is 24.3 Å². The van der Waals surface area contributed by atoms with Crippen molar-refractivity contribution >= 4 is 27.5 Å². The number of benzene rings is 1. The van der Waals surface area contributed by atoms with E-state index in [1.165, 1.54) is 31.2 Å². The highest BCUT2D eigenvalue weighted by molar-refractivity contribution is 9.09. The zero-order valence-corrected chi connectivity index (χ0v) is 11.9. The highest BCUT2D eigenvalue weighted by atomic mass is 79.9. The van der Waals surface area contributed by atoms with Crippen molar-refractivity contribution in [3.05, 3.63) is 34.9 Å². The fraction of sp³-hybridized carbons (Fsp3) is 0.538. The Morgan fingerprint density at radius 3 is 2.38 bits per heavy atom. The van der Waals surface area contributed by atoms with E-state index in [2.05, 4.69) is 33.4 Å². The topological polar surface area (TPSA) is 12.0 Å². The van der Waals surface area contributed by atoms with E-state index < -0.39 is 0 Å². The van der Waals surface area contributed by atoms with E-state index in [1.807, 2.05) is 12.1 Å². The third kappa shape index (κ3) is 6.51. The van der Waals surface area contributed by atoms with Crippen molar-refractivity contribution in [3.63, 3.8) is 0 Å². The molecule has 0 saturated heterocycles. The first-order valence-corrected chi connectivity index (χ1v) is 7.34. The minimum Gasteiger partial charge on any atom is -0.313 e. The Labute approximate surface area is 112 Å². The standard InChI is InChI=1S/C13H19BrClN/c14-9-3-1-2-4-10-16-11-12-5-7-13(15)8-6-12/h5-8,16H,1-4,9-11H2. The van der Waals surface area contributed by atoms with E-state index in [9.17, 15) is 0 Å². The van der Waals surface area contributed by atoms with Crippen LogP contribution in [-0.4, -0.2) is 11.9 Å². The average Bonchev–Trinajstić information content (AvgIpc) is 2.30. The third-order valence-corrected chi connectivity index (χ3v) is 3.29. The van der Waals surface area contributed by atoms with Crippen LogP contribution >= 0.6 is 27.5 Å². The van der Waals surface area contributed by atoms with Crippen LogP contribution in [-0.2, 0) is 6.54 Å². The molecule has 1 N–H and O–H groups in total. The minimum absolute atomic E-state index is 0.804. The summed E-state index contributed by atoms with van der Waals surface area (Å²) in [6, 6.07) is 8.02. The first-order chi connectivity index (χ1) is 7.83. The number of nitrogens with one attached hydrogen (secondary N) is 1. The van der Waals surface area contributed by atoms with E-state index in [4.69, 9.17) is 11.6 Å². The summed E-state index contributed by atoms with van der Waals surface area (Å²) in [5, 5.41) is 5.38. The maximum Gasteiger partial charge on any atom is 0.0406 e. The molecular formula is C13H19BrClN. The first kappa shape index (κ1) is 14.0. The molecule has 0 saturated carbocycles. The Hall–Kier alpha value is -0.0500. The number of rotatable bonds is 8. The molecule has 0 aliphatic rings. The summed E-state index contributed by atoms with van der Waals surface area (Å²) in [6.07, 6.45) is 5.20. The molecule has 0 radical (unpaired) electrons. The van der Waals surface area contributed by atoms with Gasteiger partial charge in [-0.3, -0.25) is 0 Å². The normalized spacial score (nSPS) is 10.6. The van der Waals surface area contributed by atoms with Gasteiger partial charge in [-0.1, -0.05) is 52.5 Å². The van der Waals surface area contributed by atoms with E-state index in [0.717, 1.165) is 23.4 Å². The van der Waals surface area contributed by atoms with Crippen molar-refractivity contribution < 1.29 is 0 Å². The molecule has 0 amide bonds. The van der Waals surface area contributed by atoms with Crippen molar-refractivity contribution in [2.75, 3.05) is 11.9 Å². The van der Waals surface area contributed by atoms with Crippen LogP contribution in [0.25, 0.3) is 0 Å². The molecule has 3 heteroatoms. The quantitative estimate of drug-likeness (QED) is 0.555. The van der Waals surface area contributed by atoms with Crippen LogP contribution in [0.3, 0.4) is 0 Å². The molecule has 0 spiro atoms. The number of hydrogen-bond acceptors (Lipinski definition) is 1. The second-order valence-corrected chi connectivity index (χ2v) is 5.14. The number of unbranched alkanes of at least 4 members (excludes halogenated alkanes) is 3. The monoisotopic (exact) mass is 303 g/mol. The summed E-state index contributed by atoms with van der Waals surface area (Å²) in [5.74, 6) is 0. The minimum atomic E-state index is 0.804. The van der Waals surface area contributed by atoms with Crippen molar-refractivity contribution in [1.82, 2.24) is 5.32 Å². The Morgan fingerprint density at radius 1 is 1.00 bits per heavy atom. The van der Waals surface area contributed by atoms with Gasteiger partial charge >= 0.3 is 0 Å². The smallest absolute Gasteiger partial charge is 0.0406 e. The predicted molar refractivity (Wildman–Crippen MR) is 75.4 cm³/mol. The second kappa shape index (κ2) is 9.03. The highest BCUT2D eigenvalue weighted by Gasteiger charge is 1.93. The molecule has 0 unspecified atom stereocenters. The molecular weight excluding hydrogens is 286 g/mol. The van der Waals surface area contributed by atoms with Gasteiger partial charge in [-0.05, 0) is 37.1 Å². The number of halogens is 2. The maximum atomic E-state index is 5.82. The van der Waals surface area contributed by atoms with Gasteiger partial charge in [-0.2, -0.15) is 0 Å². The molecule has 1 rings (SSSR count). The summed E-state index contributed by atoms with van der Waals surface area (Å²) in [6.45, 7) is 2.04. The molecule has 1 aromatic carbocycles.